The average Bonchev–Trinajstić information content (AvgIpc) is 3.63. The van der Waals surface area contributed by atoms with Crippen LogP contribution in [0, 0.1) is 6.92 Å². The number of aromatic nitrogens is 3. The van der Waals surface area contributed by atoms with Crippen LogP contribution in [0.5, 0.6) is 0 Å². The van der Waals surface area contributed by atoms with Crippen molar-refractivity contribution < 1.29 is 17.3 Å². The number of sulfonamides is 1. The lowest BCUT2D eigenvalue weighted by Crippen LogP contribution is -2.46. The second-order valence-corrected chi connectivity index (χ2v) is 13.3. The molecule has 1 aliphatic heterocycles. The van der Waals surface area contributed by atoms with Gasteiger partial charge in [0, 0.05) is 39.7 Å². The molecule has 0 fully saturated rings. The smallest absolute Gasteiger partial charge is 0.261 e. The number of benzene rings is 4. The fourth-order valence-corrected chi connectivity index (χ4v) is 7.03. The molecule has 0 aliphatic carbocycles. The van der Waals surface area contributed by atoms with Crippen LogP contribution in [0.15, 0.2) is 106 Å². The molecule has 2 aromatic heterocycles. The molecule has 3 heterocycles. The number of nitrogens with zero attached hydrogens (tertiary/aromatic N) is 3. The molecule has 0 saturated heterocycles. The van der Waals surface area contributed by atoms with Crippen molar-refractivity contribution >= 4 is 26.6 Å². The first kappa shape index (κ1) is 27.1. The summed E-state index contributed by atoms with van der Waals surface area (Å²) in [5.41, 5.74) is 7.92. The highest BCUT2D eigenvalue weighted by Gasteiger charge is 2.31. The van der Waals surface area contributed by atoms with Gasteiger partial charge in [-0.15, -0.1) is 10.2 Å². The Bertz CT molecular complexity index is 2050. The van der Waals surface area contributed by atoms with Crippen LogP contribution in [0.3, 0.4) is 0 Å². The van der Waals surface area contributed by atoms with Crippen molar-refractivity contribution in [3.63, 3.8) is 0 Å². The lowest BCUT2D eigenvalue weighted by Gasteiger charge is -2.38. The second kappa shape index (κ2) is 10.5. The number of anilines is 1. The zero-order valence-corrected chi connectivity index (χ0v) is 24.9. The molecule has 8 nitrogen and oxygen atoms in total. The maximum Gasteiger partial charge on any atom is 0.261 e. The summed E-state index contributed by atoms with van der Waals surface area (Å²) in [6, 6.07) is 30.5. The maximum absolute atomic E-state index is 13.0. The first-order valence-electron chi connectivity index (χ1n) is 14.3. The monoisotopic (exact) mass is 590 g/mol. The Labute approximate surface area is 250 Å². The quantitative estimate of drug-likeness (QED) is 0.202. The number of nitrogens with one attached hydrogen (secondary N) is 2. The molecule has 6 aromatic rings. The van der Waals surface area contributed by atoms with Crippen LogP contribution in [0.2, 0.25) is 0 Å². The lowest BCUT2D eigenvalue weighted by atomic mass is 10.0. The number of para-hydroxylation sites is 2. The number of rotatable bonds is 7. The van der Waals surface area contributed by atoms with Gasteiger partial charge in [0.25, 0.3) is 10.0 Å². The summed E-state index contributed by atoms with van der Waals surface area (Å²) in [5, 5.41) is 9.85. The van der Waals surface area contributed by atoms with Crippen LogP contribution in [-0.4, -0.2) is 41.7 Å². The van der Waals surface area contributed by atoms with E-state index in [9.17, 15) is 8.42 Å². The standard InChI is InChI=1S/C34H32N5O3S/c1-23-11-17-26(18-12-23)43(40,41)38-32-10-6-4-8-28(32)34-37-36-33(42-34)25-15-13-24(14-16-25)21-39(2)20-19-31-29(22-39)27-7-3-5-9-30(27)35-31/h3-18,35,38H,19-22H2,1-2H3/q+1. The van der Waals surface area contributed by atoms with Gasteiger partial charge in [-0.05, 0) is 49.4 Å². The Hall–Kier alpha value is -4.73. The molecule has 0 bridgehead atoms. The molecule has 4 aromatic carbocycles. The molecule has 0 saturated carbocycles. The van der Waals surface area contributed by atoms with E-state index in [0.29, 0.717) is 17.1 Å². The highest BCUT2D eigenvalue weighted by atomic mass is 32.2. The summed E-state index contributed by atoms with van der Waals surface area (Å²) >= 11 is 0. The Balaban J connectivity index is 1.08. The largest absolute Gasteiger partial charge is 0.416 e. The van der Waals surface area contributed by atoms with Crippen LogP contribution in [-0.2, 0) is 29.5 Å². The van der Waals surface area contributed by atoms with Crippen molar-refractivity contribution in [2.75, 3.05) is 18.3 Å². The zero-order valence-electron chi connectivity index (χ0n) is 24.0. The Morgan fingerprint density at radius 3 is 2.42 bits per heavy atom. The fraction of sp³-hybridized carbons (Fsp3) is 0.176. The number of aryl methyl sites for hydroxylation is 1. The number of aromatic amines is 1. The molecule has 1 aliphatic rings. The van der Waals surface area contributed by atoms with E-state index >= 15 is 0 Å². The van der Waals surface area contributed by atoms with E-state index in [4.69, 9.17) is 4.42 Å². The molecule has 1 unspecified atom stereocenters. The molecule has 216 valence electrons. The van der Waals surface area contributed by atoms with Crippen molar-refractivity contribution in [3.05, 3.63) is 119 Å². The topological polar surface area (TPSA) is 101 Å². The van der Waals surface area contributed by atoms with E-state index in [1.165, 1.54) is 27.7 Å². The fourth-order valence-electron chi connectivity index (χ4n) is 5.95. The van der Waals surface area contributed by atoms with E-state index < -0.39 is 10.0 Å². The van der Waals surface area contributed by atoms with E-state index in [1.54, 1.807) is 48.5 Å². The van der Waals surface area contributed by atoms with Gasteiger partial charge in [0.1, 0.15) is 13.1 Å². The number of fused-ring (bicyclic) bond motifs is 3. The van der Waals surface area contributed by atoms with Crippen molar-refractivity contribution in [2.24, 2.45) is 0 Å². The predicted octanol–water partition coefficient (Wildman–Crippen LogP) is 6.70. The minimum absolute atomic E-state index is 0.182. The first-order chi connectivity index (χ1) is 20.8. The van der Waals surface area contributed by atoms with E-state index in [0.717, 1.165) is 41.7 Å². The molecule has 1 atom stereocenters. The summed E-state index contributed by atoms with van der Waals surface area (Å²) in [4.78, 5) is 3.80. The van der Waals surface area contributed by atoms with Gasteiger partial charge in [0.2, 0.25) is 11.8 Å². The predicted molar refractivity (Wildman–Crippen MR) is 168 cm³/mol. The van der Waals surface area contributed by atoms with Gasteiger partial charge in [-0.25, -0.2) is 8.42 Å². The normalized spacial score (nSPS) is 16.7. The average molecular weight is 591 g/mol. The highest BCUT2D eigenvalue weighted by molar-refractivity contribution is 7.92. The van der Waals surface area contributed by atoms with Crippen LogP contribution in [0.1, 0.15) is 22.4 Å². The molecule has 2 N–H and O–H groups in total. The van der Waals surface area contributed by atoms with Crippen LogP contribution in [0.25, 0.3) is 33.8 Å². The van der Waals surface area contributed by atoms with Crippen molar-refractivity contribution in [1.29, 1.82) is 0 Å². The zero-order chi connectivity index (χ0) is 29.6. The van der Waals surface area contributed by atoms with E-state index in [-0.39, 0.29) is 10.8 Å². The van der Waals surface area contributed by atoms with Crippen molar-refractivity contribution in [1.82, 2.24) is 15.2 Å². The molecule has 7 rings (SSSR count). The van der Waals surface area contributed by atoms with Gasteiger partial charge in [-0.2, -0.15) is 0 Å². The highest BCUT2D eigenvalue weighted by Crippen LogP contribution is 2.33. The number of likely N-dealkylation sites (N-methyl/N-ethyl adjacent to an activating group) is 1. The summed E-state index contributed by atoms with van der Waals surface area (Å²) in [5.74, 6) is 0.613. The van der Waals surface area contributed by atoms with Crippen molar-refractivity contribution in [3.8, 4) is 22.9 Å². The maximum atomic E-state index is 13.0. The molecular weight excluding hydrogens is 558 g/mol. The van der Waals surface area contributed by atoms with E-state index in [1.807, 2.05) is 19.1 Å². The lowest BCUT2D eigenvalue weighted by molar-refractivity contribution is -0.937. The summed E-state index contributed by atoms with van der Waals surface area (Å²) in [6.45, 7) is 4.89. The Kier molecular flexibility index (Phi) is 6.64. The van der Waals surface area contributed by atoms with Gasteiger partial charge in [0.15, 0.2) is 0 Å². The minimum atomic E-state index is -3.80. The molecular formula is C34H32N5O3S+. The Morgan fingerprint density at radius 2 is 1.60 bits per heavy atom. The van der Waals surface area contributed by atoms with Gasteiger partial charge < -0.3 is 13.9 Å². The number of H-pyrrole nitrogens is 1. The third-order valence-electron chi connectivity index (χ3n) is 8.27. The third-order valence-corrected chi connectivity index (χ3v) is 9.65. The van der Waals surface area contributed by atoms with Crippen molar-refractivity contribution in [2.45, 2.75) is 31.3 Å². The number of hydrogen-bond donors (Lipinski definition) is 2. The van der Waals surface area contributed by atoms with Gasteiger partial charge >= 0.3 is 0 Å². The van der Waals surface area contributed by atoms with Crippen LogP contribution < -0.4 is 4.72 Å². The van der Waals surface area contributed by atoms with Crippen LogP contribution >= 0.6 is 0 Å². The first-order valence-corrected chi connectivity index (χ1v) is 15.8. The van der Waals surface area contributed by atoms with Gasteiger partial charge in [-0.3, -0.25) is 4.72 Å². The third kappa shape index (κ3) is 5.33. The molecule has 43 heavy (non-hydrogen) atoms. The summed E-state index contributed by atoms with van der Waals surface area (Å²) in [6.07, 6.45) is 1.03. The van der Waals surface area contributed by atoms with Crippen LogP contribution in [0.4, 0.5) is 5.69 Å². The van der Waals surface area contributed by atoms with Gasteiger partial charge in [-0.1, -0.05) is 60.2 Å². The minimum Gasteiger partial charge on any atom is -0.416 e. The second-order valence-electron chi connectivity index (χ2n) is 11.6. The van der Waals surface area contributed by atoms with E-state index in [2.05, 4.69) is 63.3 Å². The number of hydrogen-bond acceptors (Lipinski definition) is 5. The Morgan fingerprint density at radius 1 is 0.884 bits per heavy atom. The summed E-state index contributed by atoms with van der Waals surface area (Å²) < 4.78 is 35.8. The molecule has 9 heteroatoms. The molecule has 0 amide bonds. The number of quaternary nitrogens is 1. The summed E-state index contributed by atoms with van der Waals surface area (Å²) in [7, 11) is -1.47. The molecule has 0 spiro atoms. The SMILES string of the molecule is Cc1ccc(S(=O)(=O)Nc2ccccc2-c2nnc(-c3ccc(C[N+]4(C)CCc5[nH]c6ccccc6c5C4)cc3)o2)cc1. The molecule has 0 radical (unpaired) electrons. The van der Waals surface area contributed by atoms with Gasteiger partial charge in [0.05, 0.1) is 29.7 Å².